The second-order valence-corrected chi connectivity index (χ2v) is 3.09. The van der Waals surface area contributed by atoms with Crippen LogP contribution in [-0.2, 0) is 0 Å². The van der Waals surface area contributed by atoms with Crippen LogP contribution in [0.25, 0.3) is 0 Å². The average Bonchev–Trinajstić information content (AvgIpc) is 1.98. The number of aryl methyl sites for hydroxylation is 1. The first kappa shape index (κ1) is 6.36. The van der Waals surface area contributed by atoms with E-state index in [9.17, 15) is 0 Å². The summed E-state index contributed by atoms with van der Waals surface area (Å²) < 4.78 is 2.01. The van der Waals surface area contributed by atoms with Crippen LogP contribution in [0.2, 0.25) is 0 Å². The van der Waals surface area contributed by atoms with Gasteiger partial charge in [0, 0.05) is 5.69 Å². The van der Waals surface area contributed by atoms with Crippen molar-refractivity contribution in [3.63, 3.8) is 0 Å². The summed E-state index contributed by atoms with van der Waals surface area (Å²) in [5, 5.41) is 0. The van der Waals surface area contributed by atoms with Gasteiger partial charge in [-0.2, -0.15) is 0 Å². The highest BCUT2D eigenvalue weighted by Gasteiger charge is 1.99. The van der Waals surface area contributed by atoms with Gasteiger partial charge in [0.15, 0.2) is 0 Å². The highest BCUT2D eigenvalue weighted by Crippen LogP contribution is 2.24. The average molecular weight is 238 g/mol. The van der Waals surface area contributed by atoms with E-state index in [1.54, 1.807) is 0 Å². The lowest BCUT2D eigenvalue weighted by Crippen LogP contribution is -1.65. The molecule has 0 aliphatic heterocycles. The normalized spacial score (nSPS) is 9.88. The molecule has 1 aromatic rings. The van der Waals surface area contributed by atoms with Crippen LogP contribution in [0.4, 0.5) is 0 Å². The number of halogens is 2. The van der Waals surface area contributed by atoms with Gasteiger partial charge in [0.05, 0.1) is 15.1 Å². The Morgan fingerprint density at radius 1 is 1.50 bits per heavy atom. The molecule has 0 saturated heterocycles. The molecule has 0 bridgehead atoms. The summed E-state index contributed by atoms with van der Waals surface area (Å²) in [5.41, 5.74) is 1.09. The van der Waals surface area contributed by atoms with E-state index in [0.717, 1.165) is 14.6 Å². The molecule has 1 rings (SSSR count). The van der Waals surface area contributed by atoms with Gasteiger partial charge in [0.2, 0.25) is 0 Å². The summed E-state index contributed by atoms with van der Waals surface area (Å²) in [6.07, 6.45) is 2.88. The molecular weight excluding hydrogens is 234 g/mol. The predicted molar refractivity (Wildman–Crippen MR) is 39.8 cm³/mol. The van der Waals surface area contributed by atoms with Gasteiger partial charge < -0.3 is 4.98 Å². The van der Waals surface area contributed by atoms with Crippen LogP contribution in [0.1, 0.15) is 5.69 Å². The summed E-state index contributed by atoms with van der Waals surface area (Å²) in [4.78, 5) is 2.92. The van der Waals surface area contributed by atoms with Crippen LogP contribution in [0.5, 0.6) is 0 Å². The third-order valence-electron chi connectivity index (χ3n) is 0.882. The van der Waals surface area contributed by atoms with E-state index in [1.165, 1.54) is 0 Å². The zero-order valence-electron chi connectivity index (χ0n) is 4.26. The Morgan fingerprint density at radius 2 is 2.12 bits per heavy atom. The summed E-state index contributed by atoms with van der Waals surface area (Å²) in [5.74, 6) is 0. The molecular formula is C5H4Br2N. The fourth-order valence-electron chi connectivity index (χ4n) is 0.423. The lowest BCUT2D eigenvalue weighted by atomic mass is 10.5. The van der Waals surface area contributed by atoms with Gasteiger partial charge in [0.25, 0.3) is 0 Å². The van der Waals surface area contributed by atoms with Crippen molar-refractivity contribution >= 4 is 31.9 Å². The number of aromatic amines is 1. The minimum absolute atomic E-state index is 0.954. The molecule has 1 radical (unpaired) electrons. The smallest absolute Gasteiger partial charge is 0.0789 e. The molecule has 3 heteroatoms. The van der Waals surface area contributed by atoms with Crippen LogP contribution in [0.3, 0.4) is 0 Å². The van der Waals surface area contributed by atoms with E-state index in [0.29, 0.717) is 0 Å². The highest BCUT2D eigenvalue weighted by atomic mass is 79.9. The second-order valence-electron chi connectivity index (χ2n) is 1.50. The Kier molecular flexibility index (Phi) is 1.77. The van der Waals surface area contributed by atoms with Gasteiger partial charge in [-0.1, -0.05) is 0 Å². The van der Waals surface area contributed by atoms with Crippen molar-refractivity contribution < 1.29 is 0 Å². The molecule has 1 N–H and O–H groups in total. The monoisotopic (exact) mass is 236 g/mol. The number of aromatic nitrogens is 1. The van der Waals surface area contributed by atoms with E-state index in [1.807, 2.05) is 6.92 Å². The number of nitrogens with one attached hydrogen (secondary N) is 1. The maximum Gasteiger partial charge on any atom is 0.0789 e. The molecule has 0 aliphatic rings. The zero-order valence-corrected chi connectivity index (χ0v) is 7.43. The van der Waals surface area contributed by atoms with Gasteiger partial charge in [0.1, 0.15) is 0 Å². The Hall–Kier alpha value is 0.240. The number of rotatable bonds is 0. The van der Waals surface area contributed by atoms with Gasteiger partial charge in [-0.05, 0) is 38.8 Å². The topological polar surface area (TPSA) is 15.8 Å². The maximum atomic E-state index is 3.34. The Bertz CT molecular complexity index is 173. The van der Waals surface area contributed by atoms with Crippen LogP contribution in [-0.4, -0.2) is 4.98 Å². The van der Waals surface area contributed by atoms with Crippen molar-refractivity contribution in [2.75, 3.05) is 0 Å². The van der Waals surface area contributed by atoms with Gasteiger partial charge in [-0.3, -0.25) is 0 Å². The van der Waals surface area contributed by atoms with E-state index in [-0.39, 0.29) is 0 Å². The maximum absolute atomic E-state index is 3.34. The van der Waals surface area contributed by atoms with Gasteiger partial charge in [-0.15, -0.1) is 0 Å². The number of hydrogen-bond acceptors (Lipinski definition) is 0. The van der Waals surface area contributed by atoms with Crippen molar-refractivity contribution in [3.8, 4) is 0 Å². The minimum atomic E-state index is 0.954. The van der Waals surface area contributed by atoms with Crippen molar-refractivity contribution in [1.29, 1.82) is 0 Å². The van der Waals surface area contributed by atoms with Crippen molar-refractivity contribution in [3.05, 3.63) is 20.8 Å². The summed E-state index contributed by atoms with van der Waals surface area (Å²) in [6.45, 7) is 1.98. The third kappa shape index (κ3) is 0.977. The van der Waals surface area contributed by atoms with E-state index in [2.05, 4.69) is 43.0 Å². The van der Waals surface area contributed by atoms with E-state index in [4.69, 9.17) is 0 Å². The van der Waals surface area contributed by atoms with Gasteiger partial charge >= 0.3 is 0 Å². The molecule has 1 aromatic heterocycles. The lowest BCUT2D eigenvalue weighted by Gasteiger charge is -1.82. The summed E-state index contributed by atoms with van der Waals surface area (Å²) >= 11 is 6.62. The standard InChI is InChI=1S/C5H4Br2N/c1-3-5(7)4(6)2-8-3/h8H,1H3. The SMILES string of the molecule is Cc1[nH][c]c(Br)c1Br. The lowest BCUT2D eigenvalue weighted by molar-refractivity contribution is 1.25. The van der Waals surface area contributed by atoms with Crippen LogP contribution in [0, 0.1) is 13.1 Å². The molecule has 1 heterocycles. The Morgan fingerprint density at radius 3 is 2.25 bits per heavy atom. The van der Waals surface area contributed by atoms with Crippen molar-refractivity contribution in [1.82, 2.24) is 4.98 Å². The molecule has 0 amide bonds. The number of hydrogen-bond donors (Lipinski definition) is 1. The first-order chi connectivity index (χ1) is 3.72. The van der Waals surface area contributed by atoms with E-state index >= 15 is 0 Å². The molecule has 0 unspecified atom stereocenters. The molecule has 0 atom stereocenters. The quantitative estimate of drug-likeness (QED) is 0.714. The molecule has 43 valence electrons. The molecule has 1 nitrogen and oxygen atoms in total. The summed E-state index contributed by atoms with van der Waals surface area (Å²) in [6, 6.07) is 0. The minimum Gasteiger partial charge on any atom is -0.355 e. The summed E-state index contributed by atoms with van der Waals surface area (Å²) in [7, 11) is 0. The molecule has 8 heavy (non-hydrogen) atoms. The molecule has 0 aliphatic carbocycles. The molecule has 0 fully saturated rings. The van der Waals surface area contributed by atoms with E-state index < -0.39 is 0 Å². The number of H-pyrrole nitrogens is 1. The van der Waals surface area contributed by atoms with Crippen molar-refractivity contribution in [2.24, 2.45) is 0 Å². The molecule has 0 aromatic carbocycles. The Labute approximate surface area is 64.7 Å². The van der Waals surface area contributed by atoms with Crippen molar-refractivity contribution in [2.45, 2.75) is 6.92 Å². The first-order valence-corrected chi connectivity index (χ1v) is 3.71. The largest absolute Gasteiger partial charge is 0.355 e. The first-order valence-electron chi connectivity index (χ1n) is 2.13. The van der Waals surface area contributed by atoms with Gasteiger partial charge in [-0.25, -0.2) is 0 Å². The second kappa shape index (κ2) is 2.23. The predicted octanol–water partition coefficient (Wildman–Crippen LogP) is 2.65. The van der Waals surface area contributed by atoms with Crippen LogP contribution in [0.15, 0.2) is 8.95 Å². The fourth-order valence-corrected chi connectivity index (χ4v) is 1.02. The Balaban J connectivity index is 3.19. The molecule has 0 spiro atoms. The fraction of sp³-hybridized carbons (Fsp3) is 0.200. The molecule has 0 saturated carbocycles. The van der Waals surface area contributed by atoms with Crippen LogP contribution < -0.4 is 0 Å². The van der Waals surface area contributed by atoms with Crippen LogP contribution >= 0.6 is 31.9 Å². The third-order valence-corrected chi connectivity index (χ3v) is 3.00. The highest BCUT2D eigenvalue weighted by molar-refractivity contribution is 9.13. The zero-order chi connectivity index (χ0) is 6.15.